The molecular weight excluding hydrogens is 284 g/mol. The second-order valence-electron chi connectivity index (χ2n) is 4.18. The van der Waals surface area contributed by atoms with E-state index in [2.05, 4.69) is 4.98 Å². The van der Waals surface area contributed by atoms with Crippen molar-refractivity contribution in [1.82, 2.24) is 4.98 Å². The molecule has 0 fully saturated rings. The predicted octanol–water partition coefficient (Wildman–Crippen LogP) is 2.86. The van der Waals surface area contributed by atoms with Crippen LogP contribution in [0.5, 0.6) is 0 Å². The lowest BCUT2D eigenvalue weighted by atomic mass is 10.2. The number of carboxylic acid groups (broad SMARTS) is 1. The SMILES string of the molecule is O=C(O)c1nc(-c2ccccc2)oc1CCOCC(F)F. The Kier molecular flexibility index (Phi) is 4.99. The Morgan fingerprint density at radius 3 is 2.67 bits per heavy atom. The van der Waals surface area contributed by atoms with Crippen LogP contribution in [0.2, 0.25) is 0 Å². The molecule has 2 aromatic rings. The topological polar surface area (TPSA) is 72.6 Å². The number of halogens is 2. The van der Waals surface area contributed by atoms with Crippen LogP contribution in [0.4, 0.5) is 8.78 Å². The van der Waals surface area contributed by atoms with Gasteiger partial charge in [0.25, 0.3) is 6.43 Å². The van der Waals surface area contributed by atoms with Gasteiger partial charge in [0.2, 0.25) is 5.89 Å². The van der Waals surface area contributed by atoms with Crippen LogP contribution in [-0.4, -0.2) is 35.7 Å². The van der Waals surface area contributed by atoms with E-state index in [0.717, 1.165) is 0 Å². The van der Waals surface area contributed by atoms with Gasteiger partial charge < -0.3 is 14.3 Å². The van der Waals surface area contributed by atoms with Gasteiger partial charge in [0.1, 0.15) is 12.4 Å². The van der Waals surface area contributed by atoms with E-state index in [-0.39, 0.29) is 30.4 Å². The molecular formula is C14H13F2NO4. The summed E-state index contributed by atoms with van der Waals surface area (Å²) in [7, 11) is 0. The van der Waals surface area contributed by atoms with Crippen LogP contribution in [-0.2, 0) is 11.2 Å². The summed E-state index contributed by atoms with van der Waals surface area (Å²) >= 11 is 0. The van der Waals surface area contributed by atoms with E-state index in [4.69, 9.17) is 14.3 Å². The van der Waals surface area contributed by atoms with Crippen LogP contribution in [0.1, 0.15) is 16.2 Å². The number of alkyl halides is 2. The Bertz CT molecular complexity index is 598. The largest absolute Gasteiger partial charge is 0.476 e. The Balaban J connectivity index is 2.12. The normalized spacial score (nSPS) is 11.0. The average molecular weight is 297 g/mol. The molecule has 112 valence electrons. The molecule has 0 aliphatic carbocycles. The minimum absolute atomic E-state index is 0.0615. The first-order chi connectivity index (χ1) is 10.1. The molecule has 0 bridgehead atoms. The van der Waals surface area contributed by atoms with E-state index in [1.54, 1.807) is 24.3 Å². The summed E-state index contributed by atoms with van der Waals surface area (Å²) < 4.78 is 34.0. The molecule has 0 radical (unpaired) electrons. The molecule has 21 heavy (non-hydrogen) atoms. The molecule has 0 spiro atoms. The molecule has 7 heteroatoms. The fraction of sp³-hybridized carbons (Fsp3) is 0.286. The molecule has 0 saturated carbocycles. The number of carboxylic acids is 1. The van der Waals surface area contributed by atoms with E-state index in [0.29, 0.717) is 5.56 Å². The van der Waals surface area contributed by atoms with Crippen molar-refractivity contribution in [2.24, 2.45) is 0 Å². The number of aromatic carboxylic acids is 1. The maximum absolute atomic E-state index is 11.9. The van der Waals surface area contributed by atoms with Crippen molar-refractivity contribution in [3.8, 4) is 11.5 Å². The quantitative estimate of drug-likeness (QED) is 0.796. The highest BCUT2D eigenvalue weighted by Gasteiger charge is 2.20. The van der Waals surface area contributed by atoms with Crippen molar-refractivity contribution in [3.63, 3.8) is 0 Å². The molecule has 0 saturated heterocycles. The van der Waals surface area contributed by atoms with Crippen LogP contribution in [0.3, 0.4) is 0 Å². The molecule has 0 aliphatic heterocycles. The first-order valence-corrected chi connectivity index (χ1v) is 6.22. The number of carbonyl (C=O) groups is 1. The van der Waals surface area contributed by atoms with Crippen molar-refractivity contribution in [2.75, 3.05) is 13.2 Å². The van der Waals surface area contributed by atoms with Crippen molar-refractivity contribution in [3.05, 3.63) is 41.8 Å². The highest BCUT2D eigenvalue weighted by molar-refractivity contribution is 5.87. The first kappa shape index (κ1) is 15.1. The predicted molar refractivity (Wildman–Crippen MR) is 69.4 cm³/mol. The summed E-state index contributed by atoms with van der Waals surface area (Å²) in [6.07, 6.45) is -2.49. The van der Waals surface area contributed by atoms with Crippen LogP contribution in [0.25, 0.3) is 11.5 Å². The van der Waals surface area contributed by atoms with Crippen LogP contribution in [0, 0.1) is 0 Å². The second kappa shape index (κ2) is 6.94. The van der Waals surface area contributed by atoms with Gasteiger partial charge in [-0.1, -0.05) is 18.2 Å². The third-order valence-corrected chi connectivity index (χ3v) is 2.64. The third-order valence-electron chi connectivity index (χ3n) is 2.64. The Hall–Kier alpha value is -2.28. The Morgan fingerprint density at radius 2 is 2.05 bits per heavy atom. The zero-order chi connectivity index (χ0) is 15.2. The molecule has 0 unspecified atom stereocenters. The first-order valence-electron chi connectivity index (χ1n) is 6.22. The number of ether oxygens (including phenoxy) is 1. The molecule has 1 aromatic heterocycles. The maximum Gasteiger partial charge on any atom is 0.358 e. The van der Waals surface area contributed by atoms with Crippen LogP contribution < -0.4 is 0 Å². The molecule has 1 N–H and O–H groups in total. The van der Waals surface area contributed by atoms with Gasteiger partial charge in [-0.25, -0.2) is 18.6 Å². The number of nitrogens with zero attached hydrogens (tertiary/aromatic N) is 1. The van der Waals surface area contributed by atoms with E-state index < -0.39 is 19.0 Å². The number of oxazole rings is 1. The Labute approximate surface area is 119 Å². The van der Waals surface area contributed by atoms with Gasteiger partial charge in [0.15, 0.2) is 5.69 Å². The lowest BCUT2D eigenvalue weighted by Crippen LogP contribution is -2.09. The van der Waals surface area contributed by atoms with E-state index in [9.17, 15) is 13.6 Å². The smallest absolute Gasteiger partial charge is 0.358 e. The summed E-state index contributed by atoms with van der Waals surface area (Å²) in [5.41, 5.74) is 0.411. The number of hydrogen-bond donors (Lipinski definition) is 1. The maximum atomic E-state index is 11.9. The summed E-state index contributed by atoms with van der Waals surface area (Å²) in [5.74, 6) is -0.947. The molecule has 5 nitrogen and oxygen atoms in total. The van der Waals surface area contributed by atoms with Gasteiger partial charge in [-0.3, -0.25) is 0 Å². The lowest BCUT2D eigenvalue weighted by molar-refractivity contribution is 0.0175. The molecule has 1 aromatic carbocycles. The fourth-order valence-corrected chi connectivity index (χ4v) is 1.73. The number of rotatable bonds is 7. The third kappa shape index (κ3) is 4.09. The standard InChI is InChI=1S/C14H13F2NO4/c15-11(16)8-20-7-6-10-12(14(18)19)17-13(21-10)9-4-2-1-3-5-9/h1-5,11H,6-8H2,(H,18,19). The van der Waals surface area contributed by atoms with Crippen LogP contribution >= 0.6 is 0 Å². The monoisotopic (exact) mass is 297 g/mol. The van der Waals surface area contributed by atoms with E-state index in [1.165, 1.54) is 0 Å². The summed E-state index contributed by atoms with van der Waals surface area (Å²) in [6, 6.07) is 8.81. The average Bonchev–Trinajstić information content (AvgIpc) is 2.89. The number of benzene rings is 1. The molecule has 0 atom stereocenters. The highest BCUT2D eigenvalue weighted by Crippen LogP contribution is 2.22. The second-order valence-corrected chi connectivity index (χ2v) is 4.18. The minimum atomic E-state index is -2.56. The van der Waals surface area contributed by atoms with Crippen molar-refractivity contribution in [2.45, 2.75) is 12.8 Å². The van der Waals surface area contributed by atoms with Crippen molar-refractivity contribution >= 4 is 5.97 Å². The summed E-state index contributed by atoms with van der Waals surface area (Å²) in [5, 5.41) is 9.09. The fourth-order valence-electron chi connectivity index (χ4n) is 1.73. The van der Waals surface area contributed by atoms with Gasteiger partial charge >= 0.3 is 5.97 Å². The van der Waals surface area contributed by atoms with Crippen molar-refractivity contribution < 1.29 is 27.8 Å². The van der Waals surface area contributed by atoms with E-state index >= 15 is 0 Å². The minimum Gasteiger partial charge on any atom is -0.476 e. The van der Waals surface area contributed by atoms with Crippen LogP contribution in [0.15, 0.2) is 34.7 Å². The van der Waals surface area contributed by atoms with Gasteiger partial charge in [0, 0.05) is 12.0 Å². The lowest BCUT2D eigenvalue weighted by Gasteiger charge is -2.01. The molecule has 0 amide bonds. The zero-order valence-electron chi connectivity index (χ0n) is 11.0. The number of hydrogen-bond acceptors (Lipinski definition) is 4. The molecule has 2 rings (SSSR count). The Morgan fingerprint density at radius 1 is 1.33 bits per heavy atom. The van der Waals surface area contributed by atoms with Gasteiger partial charge in [-0.05, 0) is 12.1 Å². The molecule has 1 heterocycles. The summed E-state index contributed by atoms with van der Waals surface area (Å²) in [4.78, 5) is 15.0. The van der Waals surface area contributed by atoms with Crippen molar-refractivity contribution in [1.29, 1.82) is 0 Å². The van der Waals surface area contributed by atoms with E-state index in [1.807, 2.05) is 6.07 Å². The highest BCUT2D eigenvalue weighted by atomic mass is 19.3. The zero-order valence-corrected chi connectivity index (χ0v) is 11.0. The number of aromatic nitrogens is 1. The van der Waals surface area contributed by atoms with Gasteiger partial charge in [-0.2, -0.15) is 0 Å². The molecule has 0 aliphatic rings. The summed E-state index contributed by atoms with van der Waals surface area (Å²) in [6.45, 7) is -0.754. The van der Waals surface area contributed by atoms with Gasteiger partial charge in [0.05, 0.1) is 6.61 Å². The van der Waals surface area contributed by atoms with Gasteiger partial charge in [-0.15, -0.1) is 0 Å².